The molecule has 0 atom stereocenters. The van der Waals surface area contributed by atoms with Gasteiger partial charge in [-0.2, -0.15) is 0 Å². The maximum absolute atomic E-state index is 12.8. The van der Waals surface area contributed by atoms with Gasteiger partial charge in [0.25, 0.3) is 11.8 Å². The molecule has 7 nitrogen and oxygen atoms in total. The molecule has 4 N–H and O–H groups in total. The van der Waals surface area contributed by atoms with E-state index in [9.17, 15) is 14.4 Å². The van der Waals surface area contributed by atoms with Crippen LogP contribution in [0.15, 0.2) is 48.5 Å². The van der Waals surface area contributed by atoms with Crippen LogP contribution in [0.25, 0.3) is 0 Å². The molecule has 0 aromatic heterocycles. The summed E-state index contributed by atoms with van der Waals surface area (Å²) in [5.41, 5.74) is 6.94. The van der Waals surface area contributed by atoms with Crippen molar-refractivity contribution in [3.05, 3.63) is 59.7 Å². The molecular formula is C20H22N4O3. The third-order valence-electron chi connectivity index (χ3n) is 4.46. The van der Waals surface area contributed by atoms with Crippen LogP contribution in [-0.4, -0.2) is 35.8 Å². The largest absolute Gasteiger partial charge is 0.351 e. The molecule has 4 amide bonds. The molecule has 2 aromatic carbocycles. The fraction of sp³-hybridized carbons (Fsp3) is 0.250. The molecule has 0 radical (unpaired) electrons. The van der Waals surface area contributed by atoms with E-state index < -0.39 is 6.03 Å². The number of hydrogen-bond acceptors (Lipinski definition) is 3. The first-order valence-electron chi connectivity index (χ1n) is 8.91. The van der Waals surface area contributed by atoms with Crippen LogP contribution < -0.4 is 16.4 Å². The number of anilines is 2. The van der Waals surface area contributed by atoms with Gasteiger partial charge in [-0.15, -0.1) is 0 Å². The zero-order valence-electron chi connectivity index (χ0n) is 14.9. The van der Waals surface area contributed by atoms with E-state index in [0.717, 1.165) is 32.4 Å². The Hall–Kier alpha value is -3.35. The molecule has 1 fully saturated rings. The third kappa shape index (κ3) is 4.63. The van der Waals surface area contributed by atoms with Gasteiger partial charge in [0, 0.05) is 24.3 Å². The zero-order chi connectivity index (χ0) is 19.2. The van der Waals surface area contributed by atoms with Crippen LogP contribution in [0.5, 0.6) is 0 Å². The molecule has 0 saturated carbocycles. The fourth-order valence-electron chi connectivity index (χ4n) is 3.09. The van der Waals surface area contributed by atoms with Gasteiger partial charge in [0.15, 0.2) is 0 Å². The fourth-order valence-corrected chi connectivity index (χ4v) is 3.09. The number of rotatable bonds is 4. The van der Waals surface area contributed by atoms with E-state index in [4.69, 9.17) is 5.73 Å². The minimum atomic E-state index is -0.669. The monoisotopic (exact) mass is 366 g/mol. The van der Waals surface area contributed by atoms with Gasteiger partial charge < -0.3 is 21.3 Å². The first kappa shape index (κ1) is 18.4. The summed E-state index contributed by atoms with van der Waals surface area (Å²) < 4.78 is 0. The van der Waals surface area contributed by atoms with Gasteiger partial charge in [0.1, 0.15) is 0 Å². The number of nitrogens with zero attached hydrogens (tertiary/aromatic N) is 1. The summed E-state index contributed by atoms with van der Waals surface area (Å²) in [6, 6.07) is 12.7. The molecule has 1 heterocycles. The lowest BCUT2D eigenvalue weighted by Gasteiger charge is -2.27. The predicted octanol–water partition coefficient (Wildman–Crippen LogP) is 3.06. The number of piperidine rings is 1. The molecule has 2 aromatic rings. The minimum Gasteiger partial charge on any atom is -0.351 e. The van der Waals surface area contributed by atoms with Gasteiger partial charge in [0.2, 0.25) is 0 Å². The summed E-state index contributed by atoms with van der Waals surface area (Å²) in [4.78, 5) is 38.0. The maximum Gasteiger partial charge on any atom is 0.316 e. The number of primary amides is 1. The highest BCUT2D eigenvalue weighted by Gasteiger charge is 2.21. The van der Waals surface area contributed by atoms with E-state index in [0.29, 0.717) is 22.5 Å². The van der Waals surface area contributed by atoms with E-state index in [2.05, 4.69) is 10.6 Å². The number of benzene rings is 2. The lowest BCUT2D eigenvalue weighted by Crippen LogP contribution is -2.36. The summed E-state index contributed by atoms with van der Waals surface area (Å²) in [5.74, 6) is -0.397. The van der Waals surface area contributed by atoms with Crippen molar-refractivity contribution in [2.24, 2.45) is 5.73 Å². The summed E-state index contributed by atoms with van der Waals surface area (Å²) >= 11 is 0. The Balaban J connectivity index is 1.74. The number of hydrogen-bond donors (Lipinski definition) is 3. The molecule has 0 bridgehead atoms. The van der Waals surface area contributed by atoms with Crippen molar-refractivity contribution in [3.8, 4) is 0 Å². The van der Waals surface area contributed by atoms with Crippen molar-refractivity contribution in [3.63, 3.8) is 0 Å². The van der Waals surface area contributed by atoms with Crippen LogP contribution in [0.1, 0.15) is 40.0 Å². The molecule has 27 heavy (non-hydrogen) atoms. The molecular weight excluding hydrogens is 344 g/mol. The van der Waals surface area contributed by atoms with E-state index in [1.165, 1.54) is 0 Å². The number of nitrogens with one attached hydrogen (secondary N) is 2. The average molecular weight is 366 g/mol. The van der Waals surface area contributed by atoms with Gasteiger partial charge in [-0.05, 0) is 55.7 Å². The van der Waals surface area contributed by atoms with E-state index in [1.807, 2.05) is 4.90 Å². The van der Waals surface area contributed by atoms with Gasteiger partial charge in [-0.1, -0.05) is 12.1 Å². The van der Waals surface area contributed by atoms with Crippen LogP contribution >= 0.6 is 0 Å². The number of likely N-dealkylation sites (tertiary alicyclic amines) is 1. The first-order valence-corrected chi connectivity index (χ1v) is 8.91. The molecule has 140 valence electrons. The smallest absolute Gasteiger partial charge is 0.316 e. The maximum atomic E-state index is 12.8. The van der Waals surface area contributed by atoms with Crippen LogP contribution in [0.2, 0.25) is 0 Å². The number of para-hydroxylation sites is 1. The van der Waals surface area contributed by atoms with Crippen LogP contribution in [0.3, 0.4) is 0 Å². The topological polar surface area (TPSA) is 105 Å². The second-order valence-corrected chi connectivity index (χ2v) is 6.42. The van der Waals surface area contributed by atoms with Crippen molar-refractivity contribution in [2.45, 2.75) is 19.3 Å². The van der Waals surface area contributed by atoms with Crippen molar-refractivity contribution >= 4 is 29.2 Å². The Morgan fingerprint density at radius 2 is 1.52 bits per heavy atom. The normalized spacial score (nSPS) is 13.7. The highest BCUT2D eigenvalue weighted by Crippen LogP contribution is 2.21. The number of carbonyl (C=O) groups is 3. The van der Waals surface area contributed by atoms with Crippen molar-refractivity contribution in [2.75, 3.05) is 23.7 Å². The molecule has 1 aliphatic rings. The summed E-state index contributed by atoms with van der Waals surface area (Å²) in [5, 5.41) is 5.25. The van der Waals surface area contributed by atoms with E-state index in [-0.39, 0.29) is 11.8 Å². The quantitative estimate of drug-likeness (QED) is 0.774. The lowest BCUT2D eigenvalue weighted by molar-refractivity contribution is 0.0725. The van der Waals surface area contributed by atoms with Crippen LogP contribution in [0, 0.1) is 0 Å². The summed E-state index contributed by atoms with van der Waals surface area (Å²) in [6.45, 7) is 1.49. The second kappa shape index (κ2) is 8.35. The first-order chi connectivity index (χ1) is 13.0. The van der Waals surface area contributed by atoms with Crippen molar-refractivity contribution < 1.29 is 14.4 Å². The molecule has 7 heteroatoms. The summed E-state index contributed by atoms with van der Waals surface area (Å²) in [7, 11) is 0. The Morgan fingerprint density at radius 1 is 0.852 bits per heavy atom. The Bertz CT molecular complexity index is 843. The SMILES string of the molecule is NC(=O)Nc1ccc(C(=O)Nc2ccccc2C(=O)N2CCCCC2)cc1. The number of nitrogens with two attached hydrogens (primary N) is 1. The highest BCUT2D eigenvalue weighted by atomic mass is 16.2. The van der Waals surface area contributed by atoms with Gasteiger partial charge in [-0.25, -0.2) is 4.79 Å². The Morgan fingerprint density at radius 3 is 2.19 bits per heavy atom. The van der Waals surface area contributed by atoms with Gasteiger partial charge >= 0.3 is 6.03 Å². The van der Waals surface area contributed by atoms with E-state index >= 15 is 0 Å². The molecule has 0 unspecified atom stereocenters. The molecule has 1 saturated heterocycles. The van der Waals surface area contributed by atoms with Gasteiger partial charge in [0.05, 0.1) is 11.3 Å². The highest BCUT2D eigenvalue weighted by molar-refractivity contribution is 6.09. The Labute approximate surface area is 157 Å². The molecule has 3 rings (SSSR count). The lowest BCUT2D eigenvalue weighted by atomic mass is 10.1. The van der Waals surface area contributed by atoms with Crippen LogP contribution in [0.4, 0.5) is 16.2 Å². The Kier molecular flexibility index (Phi) is 5.71. The van der Waals surface area contributed by atoms with Crippen molar-refractivity contribution in [1.29, 1.82) is 0 Å². The third-order valence-corrected chi connectivity index (χ3v) is 4.46. The standard InChI is InChI=1S/C20H22N4O3/c21-20(27)22-15-10-8-14(9-11-15)18(25)23-17-7-3-2-6-16(17)19(26)24-12-4-1-5-13-24/h2-3,6-11H,1,4-5,12-13H2,(H,23,25)(H3,21,22,27). The van der Waals surface area contributed by atoms with Crippen molar-refractivity contribution in [1.82, 2.24) is 4.90 Å². The van der Waals surface area contributed by atoms with Gasteiger partial charge in [-0.3, -0.25) is 9.59 Å². The molecule has 1 aliphatic heterocycles. The number of urea groups is 1. The minimum absolute atomic E-state index is 0.0633. The molecule has 0 aliphatic carbocycles. The predicted molar refractivity (Wildman–Crippen MR) is 104 cm³/mol. The summed E-state index contributed by atoms with van der Waals surface area (Å²) in [6.07, 6.45) is 3.15. The zero-order valence-corrected chi connectivity index (χ0v) is 14.9. The van der Waals surface area contributed by atoms with Crippen LogP contribution in [-0.2, 0) is 0 Å². The number of amides is 4. The second-order valence-electron chi connectivity index (χ2n) is 6.42. The average Bonchev–Trinajstić information content (AvgIpc) is 2.68. The molecule has 0 spiro atoms. The van der Waals surface area contributed by atoms with E-state index in [1.54, 1.807) is 48.5 Å². The number of carbonyl (C=O) groups excluding carboxylic acids is 3.